The maximum Gasteiger partial charge on any atom is 0.416 e. The molecule has 0 unspecified atom stereocenters. The van der Waals surface area contributed by atoms with Crippen molar-refractivity contribution in [1.82, 2.24) is 0 Å². The van der Waals surface area contributed by atoms with Crippen molar-refractivity contribution in [2.24, 2.45) is 5.73 Å². The molecule has 0 saturated carbocycles. The Hall–Kier alpha value is -0.720. The monoisotopic (exact) mass is 288 g/mol. The van der Waals surface area contributed by atoms with E-state index in [2.05, 4.69) is 17.5 Å². The lowest BCUT2D eigenvalue weighted by Gasteiger charge is -2.12. The van der Waals surface area contributed by atoms with Gasteiger partial charge in [-0.05, 0) is 24.4 Å². The van der Waals surface area contributed by atoms with Crippen molar-refractivity contribution >= 4 is 46.2 Å². The van der Waals surface area contributed by atoms with Gasteiger partial charge < -0.3 is 11.1 Å². The zero-order valence-corrected chi connectivity index (χ0v) is 9.86. The van der Waals surface area contributed by atoms with Crippen LogP contribution in [0.5, 0.6) is 0 Å². The first-order chi connectivity index (χ1) is 7.21. The smallest absolute Gasteiger partial charge is 0.376 e. The minimum atomic E-state index is -4.50. The van der Waals surface area contributed by atoms with Gasteiger partial charge in [-0.2, -0.15) is 13.2 Å². The molecule has 0 atom stereocenters. The van der Waals surface area contributed by atoms with E-state index < -0.39 is 11.7 Å². The van der Waals surface area contributed by atoms with Crippen molar-refractivity contribution in [3.63, 3.8) is 0 Å². The summed E-state index contributed by atoms with van der Waals surface area (Å²) in [5.41, 5.74) is 4.29. The molecule has 1 aromatic rings. The molecule has 0 bridgehead atoms. The van der Waals surface area contributed by atoms with Crippen LogP contribution < -0.4 is 11.1 Å². The van der Waals surface area contributed by atoms with Crippen molar-refractivity contribution in [1.29, 1.82) is 0 Å². The summed E-state index contributed by atoms with van der Waals surface area (Å²) < 4.78 is 37.1. The van der Waals surface area contributed by atoms with Crippen LogP contribution in [-0.2, 0) is 6.18 Å². The summed E-state index contributed by atoms with van der Waals surface area (Å²) in [5.74, 6) is 0. The highest BCUT2D eigenvalue weighted by molar-refractivity contribution is 7.80. The summed E-state index contributed by atoms with van der Waals surface area (Å²) in [4.78, 5) is 0. The molecule has 0 aliphatic rings. The fraction of sp³-hybridized carbons (Fsp3) is 0.125. The lowest BCUT2D eigenvalue weighted by atomic mass is 10.2. The van der Waals surface area contributed by atoms with Gasteiger partial charge in [0.1, 0.15) is 0 Å². The highest BCUT2D eigenvalue weighted by Gasteiger charge is 2.32. The molecule has 0 aliphatic heterocycles. The Bertz CT molecular complexity index is 411. The number of halogens is 5. The van der Waals surface area contributed by atoms with E-state index >= 15 is 0 Å². The van der Waals surface area contributed by atoms with Crippen LogP contribution in [0.3, 0.4) is 0 Å². The van der Waals surface area contributed by atoms with Gasteiger partial charge in [-0.15, -0.1) is 0 Å². The van der Waals surface area contributed by atoms with Crippen LogP contribution in [0.1, 0.15) is 5.56 Å². The van der Waals surface area contributed by atoms with Gasteiger partial charge >= 0.3 is 6.18 Å². The SMILES string of the molecule is NC(=S)Nc1c(Cl)cc(C(F)(F)F)cc1Cl. The van der Waals surface area contributed by atoms with Crippen LogP contribution in [0.15, 0.2) is 12.1 Å². The molecule has 16 heavy (non-hydrogen) atoms. The Morgan fingerprint density at radius 1 is 1.25 bits per heavy atom. The van der Waals surface area contributed by atoms with Gasteiger partial charge in [0.15, 0.2) is 5.11 Å². The molecule has 0 aromatic heterocycles. The third kappa shape index (κ3) is 3.13. The van der Waals surface area contributed by atoms with E-state index in [1.54, 1.807) is 0 Å². The van der Waals surface area contributed by atoms with E-state index in [0.29, 0.717) is 0 Å². The number of anilines is 1. The number of benzene rings is 1. The standard InChI is InChI=1S/C8H5Cl2F3N2S/c9-4-1-3(8(11,12)13)2-5(10)6(4)15-7(14)16/h1-2H,(H3,14,15,16). The van der Waals surface area contributed by atoms with Crippen molar-refractivity contribution in [2.45, 2.75) is 6.18 Å². The Labute approximate surface area is 105 Å². The van der Waals surface area contributed by atoms with E-state index in [1.165, 1.54) is 0 Å². The number of hydrogen-bond donors (Lipinski definition) is 2. The zero-order valence-electron chi connectivity index (χ0n) is 7.53. The molecular formula is C8H5Cl2F3N2S. The molecule has 0 fully saturated rings. The molecule has 0 heterocycles. The number of nitrogens with two attached hydrogens (primary N) is 1. The normalized spacial score (nSPS) is 11.3. The highest BCUT2D eigenvalue weighted by atomic mass is 35.5. The van der Waals surface area contributed by atoms with Gasteiger partial charge in [-0.25, -0.2) is 0 Å². The van der Waals surface area contributed by atoms with Gasteiger partial charge in [-0.3, -0.25) is 0 Å². The third-order valence-electron chi connectivity index (χ3n) is 1.62. The first kappa shape index (κ1) is 13.3. The van der Waals surface area contributed by atoms with Gasteiger partial charge in [0.25, 0.3) is 0 Å². The summed E-state index contributed by atoms with van der Waals surface area (Å²) in [7, 11) is 0. The first-order valence-electron chi connectivity index (χ1n) is 3.84. The van der Waals surface area contributed by atoms with Crippen molar-refractivity contribution in [3.8, 4) is 0 Å². The third-order valence-corrected chi connectivity index (χ3v) is 2.32. The zero-order chi connectivity index (χ0) is 12.5. The molecule has 0 aliphatic carbocycles. The summed E-state index contributed by atoms with van der Waals surface area (Å²) in [6, 6.07) is 1.49. The Morgan fingerprint density at radius 2 is 1.69 bits per heavy atom. The molecule has 2 nitrogen and oxygen atoms in total. The summed E-state index contributed by atoms with van der Waals surface area (Å²) in [6.07, 6.45) is -4.50. The predicted octanol–water partition coefficient (Wildman–Crippen LogP) is 3.67. The van der Waals surface area contributed by atoms with Crippen LogP contribution in [0.25, 0.3) is 0 Å². The molecule has 0 spiro atoms. The van der Waals surface area contributed by atoms with Crippen LogP contribution in [-0.4, -0.2) is 5.11 Å². The van der Waals surface area contributed by atoms with Crippen LogP contribution in [0.2, 0.25) is 10.0 Å². The van der Waals surface area contributed by atoms with Crippen molar-refractivity contribution in [2.75, 3.05) is 5.32 Å². The second-order valence-electron chi connectivity index (χ2n) is 2.80. The second-order valence-corrected chi connectivity index (χ2v) is 4.06. The molecule has 0 amide bonds. The number of alkyl halides is 3. The first-order valence-corrected chi connectivity index (χ1v) is 5.01. The van der Waals surface area contributed by atoms with Gasteiger partial charge in [-0.1, -0.05) is 23.2 Å². The average Bonchev–Trinajstić information content (AvgIpc) is 2.09. The van der Waals surface area contributed by atoms with E-state index in [4.69, 9.17) is 28.9 Å². The highest BCUT2D eigenvalue weighted by Crippen LogP contribution is 2.38. The number of rotatable bonds is 1. The largest absolute Gasteiger partial charge is 0.416 e. The average molecular weight is 289 g/mol. The molecule has 0 saturated heterocycles. The maximum atomic E-state index is 12.4. The number of nitrogens with one attached hydrogen (secondary N) is 1. The van der Waals surface area contributed by atoms with Crippen LogP contribution >= 0.6 is 35.4 Å². The lowest BCUT2D eigenvalue weighted by Crippen LogP contribution is -2.19. The maximum absolute atomic E-state index is 12.4. The molecule has 0 radical (unpaired) electrons. The molecule has 8 heteroatoms. The van der Waals surface area contributed by atoms with Gasteiger partial charge in [0.05, 0.1) is 21.3 Å². The van der Waals surface area contributed by atoms with Gasteiger partial charge in [0, 0.05) is 0 Å². The van der Waals surface area contributed by atoms with E-state index in [9.17, 15) is 13.2 Å². The number of hydrogen-bond acceptors (Lipinski definition) is 1. The van der Waals surface area contributed by atoms with Crippen molar-refractivity contribution < 1.29 is 13.2 Å². The van der Waals surface area contributed by atoms with E-state index in [0.717, 1.165) is 12.1 Å². The summed E-state index contributed by atoms with van der Waals surface area (Å²) >= 11 is 15.8. The lowest BCUT2D eigenvalue weighted by molar-refractivity contribution is -0.137. The minimum Gasteiger partial charge on any atom is -0.376 e. The fourth-order valence-corrected chi connectivity index (χ4v) is 1.66. The second kappa shape index (κ2) is 4.65. The van der Waals surface area contributed by atoms with Crippen LogP contribution in [0, 0.1) is 0 Å². The topological polar surface area (TPSA) is 38.0 Å². The quantitative estimate of drug-likeness (QED) is 0.775. The van der Waals surface area contributed by atoms with Crippen molar-refractivity contribution in [3.05, 3.63) is 27.7 Å². The fourth-order valence-electron chi connectivity index (χ4n) is 0.979. The molecule has 88 valence electrons. The Morgan fingerprint density at radius 3 is 2.00 bits per heavy atom. The van der Waals surface area contributed by atoms with Crippen LogP contribution in [0.4, 0.5) is 18.9 Å². The van der Waals surface area contributed by atoms with E-state index in [1.807, 2.05) is 0 Å². The van der Waals surface area contributed by atoms with E-state index in [-0.39, 0.29) is 20.8 Å². The Kier molecular flexibility index (Phi) is 3.88. The summed E-state index contributed by atoms with van der Waals surface area (Å²) in [6.45, 7) is 0. The Balaban J connectivity index is 3.23. The minimum absolute atomic E-state index is 0.0591. The molecule has 1 rings (SSSR count). The number of thiocarbonyl (C=S) groups is 1. The summed E-state index contributed by atoms with van der Waals surface area (Å²) in [5, 5.41) is 1.86. The molecule has 1 aromatic carbocycles. The van der Waals surface area contributed by atoms with Gasteiger partial charge in [0.2, 0.25) is 0 Å². The predicted molar refractivity (Wildman–Crippen MR) is 61.9 cm³/mol. The molecule has 3 N–H and O–H groups in total. The molecular weight excluding hydrogens is 284 g/mol.